The van der Waals surface area contributed by atoms with Gasteiger partial charge < -0.3 is 16.4 Å². The lowest BCUT2D eigenvalue weighted by atomic mass is 10.0. The van der Waals surface area contributed by atoms with E-state index in [-0.39, 0.29) is 11.6 Å². The topological polar surface area (TPSA) is 117 Å². The Morgan fingerprint density at radius 1 is 1.09 bits per heavy atom. The minimum absolute atomic E-state index is 0.0881. The molecule has 7 nitrogen and oxygen atoms in total. The van der Waals surface area contributed by atoms with Crippen molar-refractivity contribution >= 4 is 44.7 Å². The predicted octanol–water partition coefficient (Wildman–Crippen LogP) is 4.97. The molecule has 0 radical (unpaired) electrons. The number of hydrogen-bond acceptors (Lipinski definition) is 7. The highest BCUT2D eigenvalue weighted by molar-refractivity contribution is 7.20. The average Bonchev–Trinajstić information content (AvgIpc) is 3.52. The van der Waals surface area contributed by atoms with Crippen LogP contribution in [0.15, 0.2) is 60.9 Å². The standard InChI is InChI=1S/C26H26N6OS/c27-23(22-24(28)30-15-31-25(22)32-19-6-2-3-7-19)17-11-9-16(10-12-17)14-29-26(33)21-13-18-5-1-4-8-20(18)34-21/h1,4-5,8-13,15,19,27H,2-3,6-7,14H2,(H,29,33)(H3,28,30,31,32). The van der Waals surface area contributed by atoms with Crippen LogP contribution in [0.2, 0.25) is 0 Å². The fourth-order valence-electron chi connectivity index (χ4n) is 4.32. The number of rotatable bonds is 7. The number of nitrogens with one attached hydrogen (secondary N) is 3. The maximum absolute atomic E-state index is 12.6. The van der Waals surface area contributed by atoms with E-state index in [4.69, 9.17) is 11.1 Å². The number of hydrogen-bond donors (Lipinski definition) is 4. The molecular weight excluding hydrogens is 444 g/mol. The highest BCUT2D eigenvalue weighted by Gasteiger charge is 2.21. The number of nitrogens with zero attached hydrogens (tertiary/aromatic N) is 2. The predicted molar refractivity (Wildman–Crippen MR) is 138 cm³/mol. The summed E-state index contributed by atoms with van der Waals surface area (Å²) in [5.41, 5.74) is 8.62. The number of fused-ring (bicyclic) bond motifs is 1. The summed E-state index contributed by atoms with van der Waals surface area (Å²) < 4.78 is 1.10. The zero-order chi connectivity index (χ0) is 23.5. The lowest BCUT2D eigenvalue weighted by Gasteiger charge is -2.17. The maximum atomic E-state index is 12.6. The highest BCUT2D eigenvalue weighted by atomic mass is 32.1. The Bertz CT molecular complexity index is 1310. The van der Waals surface area contributed by atoms with Crippen LogP contribution in [0.4, 0.5) is 11.6 Å². The van der Waals surface area contributed by atoms with Gasteiger partial charge in [-0.25, -0.2) is 9.97 Å². The Kier molecular flexibility index (Phi) is 6.22. The maximum Gasteiger partial charge on any atom is 0.261 e. The van der Waals surface area contributed by atoms with Crippen LogP contribution in [0.3, 0.4) is 0 Å². The van der Waals surface area contributed by atoms with Crippen LogP contribution < -0.4 is 16.4 Å². The Labute approximate surface area is 202 Å². The van der Waals surface area contributed by atoms with E-state index in [1.807, 2.05) is 54.6 Å². The molecule has 0 unspecified atom stereocenters. The molecule has 0 aliphatic heterocycles. The summed E-state index contributed by atoms with van der Waals surface area (Å²) in [6, 6.07) is 17.8. The molecule has 1 amide bonds. The van der Waals surface area contributed by atoms with E-state index in [9.17, 15) is 4.79 Å². The summed E-state index contributed by atoms with van der Waals surface area (Å²) >= 11 is 1.49. The smallest absolute Gasteiger partial charge is 0.261 e. The van der Waals surface area contributed by atoms with Gasteiger partial charge in [0, 0.05) is 22.8 Å². The van der Waals surface area contributed by atoms with Gasteiger partial charge in [-0.3, -0.25) is 10.2 Å². The second-order valence-corrected chi connectivity index (χ2v) is 9.60. The number of amides is 1. The number of nitrogens with two attached hydrogens (primary N) is 1. The lowest BCUT2D eigenvalue weighted by molar-refractivity contribution is 0.0955. The molecule has 2 aromatic heterocycles. The van der Waals surface area contributed by atoms with Crippen molar-refractivity contribution in [1.82, 2.24) is 15.3 Å². The first-order valence-corrected chi connectivity index (χ1v) is 12.2. The van der Waals surface area contributed by atoms with Crippen molar-refractivity contribution in [2.75, 3.05) is 11.1 Å². The summed E-state index contributed by atoms with van der Waals surface area (Å²) in [5.74, 6) is 0.819. The molecule has 0 bridgehead atoms. The van der Waals surface area contributed by atoms with Crippen molar-refractivity contribution in [3.05, 3.63) is 82.5 Å². The van der Waals surface area contributed by atoms with Gasteiger partial charge in [-0.15, -0.1) is 11.3 Å². The third-order valence-electron chi connectivity index (χ3n) is 6.17. The second-order valence-electron chi connectivity index (χ2n) is 8.51. The van der Waals surface area contributed by atoms with Gasteiger partial charge in [0.15, 0.2) is 0 Å². The number of aromatic nitrogens is 2. The third-order valence-corrected chi connectivity index (χ3v) is 7.28. The summed E-state index contributed by atoms with van der Waals surface area (Å²) in [7, 11) is 0. The van der Waals surface area contributed by atoms with Gasteiger partial charge in [0.2, 0.25) is 0 Å². The molecule has 5 N–H and O–H groups in total. The van der Waals surface area contributed by atoms with Crippen molar-refractivity contribution in [3.63, 3.8) is 0 Å². The second kappa shape index (κ2) is 9.61. The molecule has 1 fully saturated rings. The van der Waals surface area contributed by atoms with Gasteiger partial charge in [-0.05, 0) is 35.9 Å². The molecule has 1 saturated carbocycles. The lowest BCUT2D eigenvalue weighted by Crippen LogP contribution is -2.22. The first-order chi connectivity index (χ1) is 16.6. The van der Waals surface area contributed by atoms with Gasteiger partial charge in [0.25, 0.3) is 5.91 Å². The van der Waals surface area contributed by atoms with Crippen LogP contribution >= 0.6 is 11.3 Å². The fourth-order valence-corrected chi connectivity index (χ4v) is 5.29. The van der Waals surface area contributed by atoms with Crippen LogP contribution in [0, 0.1) is 5.41 Å². The Hall–Kier alpha value is -3.78. The molecule has 0 spiro atoms. The zero-order valence-corrected chi connectivity index (χ0v) is 19.5. The minimum Gasteiger partial charge on any atom is -0.383 e. The fraction of sp³-hybridized carbons (Fsp3) is 0.231. The summed E-state index contributed by atoms with van der Waals surface area (Å²) in [6.45, 7) is 0.408. The first kappa shape index (κ1) is 22.0. The molecule has 1 aliphatic rings. The van der Waals surface area contributed by atoms with Crippen molar-refractivity contribution in [2.45, 2.75) is 38.3 Å². The molecule has 2 heterocycles. The van der Waals surface area contributed by atoms with Gasteiger partial charge >= 0.3 is 0 Å². The quantitative estimate of drug-likeness (QED) is 0.284. The van der Waals surface area contributed by atoms with E-state index in [1.165, 1.54) is 30.5 Å². The van der Waals surface area contributed by atoms with Gasteiger partial charge in [-0.1, -0.05) is 55.3 Å². The van der Waals surface area contributed by atoms with Crippen LogP contribution in [-0.2, 0) is 6.54 Å². The average molecular weight is 471 g/mol. The van der Waals surface area contributed by atoms with Gasteiger partial charge in [0.1, 0.15) is 18.0 Å². The van der Waals surface area contributed by atoms with Gasteiger partial charge in [-0.2, -0.15) is 0 Å². The molecule has 0 atom stereocenters. The first-order valence-electron chi connectivity index (χ1n) is 11.4. The molecule has 0 saturated heterocycles. The number of thiophene rings is 1. The number of nitrogen functional groups attached to an aromatic ring is 1. The van der Waals surface area contributed by atoms with E-state index in [1.54, 1.807) is 0 Å². The summed E-state index contributed by atoms with van der Waals surface area (Å²) in [6.07, 6.45) is 6.03. The monoisotopic (exact) mass is 470 g/mol. The third kappa shape index (κ3) is 4.63. The normalized spacial score (nSPS) is 13.8. The molecule has 5 rings (SSSR count). The van der Waals surface area contributed by atoms with E-state index >= 15 is 0 Å². The zero-order valence-electron chi connectivity index (χ0n) is 18.7. The molecule has 1 aliphatic carbocycles. The minimum atomic E-state index is -0.0881. The summed E-state index contributed by atoms with van der Waals surface area (Å²) in [4.78, 5) is 21.8. The molecule has 34 heavy (non-hydrogen) atoms. The van der Waals surface area contributed by atoms with Gasteiger partial charge in [0.05, 0.1) is 16.2 Å². The van der Waals surface area contributed by atoms with E-state index in [0.717, 1.165) is 34.1 Å². The van der Waals surface area contributed by atoms with Crippen LogP contribution in [0.1, 0.15) is 52.0 Å². The molecule has 172 valence electrons. The number of carbonyl (C=O) groups excluding carboxylic acids is 1. The number of anilines is 2. The van der Waals surface area contributed by atoms with Crippen molar-refractivity contribution in [1.29, 1.82) is 5.41 Å². The van der Waals surface area contributed by atoms with E-state index in [2.05, 4.69) is 20.6 Å². The van der Waals surface area contributed by atoms with E-state index < -0.39 is 0 Å². The van der Waals surface area contributed by atoms with Crippen molar-refractivity contribution in [3.8, 4) is 0 Å². The van der Waals surface area contributed by atoms with Crippen LogP contribution in [0.25, 0.3) is 10.1 Å². The Balaban J connectivity index is 1.27. The van der Waals surface area contributed by atoms with Crippen molar-refractivity contribution < 1.29 is 4.79 Å². The number of benzene rings is 2. The highest BCUT2D eigenvalue weighted by Crippen LogP contribution is 2.27. The summed E-state index contributed by atoms with van der Waals surface area (Å²) in [5, 5.41) is 16.3. The van der Waals surface area contributed by atoms with Crippen LogP contribution in [-0.4, -0.2) is 27.6 Å². The molecule has 4 aromatic rings. The van der Waals surface area contributed by atoms with E-state index in [0.29, 0.717) is 34.7 Å². The Morgan fingerprint density at radius 2 is 1.85 bits per heavy atom. The number of carbonyl (C=O) groups is 1. The largest absolute Gasteiger partial charge is 0.383 e. The molecular formula is C26H26N6OS. The van der Waals surface area contributed by atoms with Crippen molar-refractivity contribution in [2.24, 2.45) is 0 Å². The Morgan fingerprint density at radius 3 is 2.62 bits per heavy atom. The van der Waals surface area contributed by atoms with Crippen LogP contribution in [0.5, 0.6) is 0 Å². The molecule has 8 heteroatoms. The SMILES string of the molecule is N=C(c1ccc(CNC(=O)c2cc3ccccc3s2)cc1)c1c(N)ncnc1NC1CCCC1. The molecule has 2 aromatic carbocycles.